The van der Waals surface area contributed by atoms with Gasteiger partial charge in [0.2, 0.25) is 0 Å². The molecule has 0 unspecified atom stereocenters. The molecule has 0 radical (unpaired) electrons. The summed E-state index contributed by atoms with van der Waals surface area (Å²) in [6.45, 7) is 7.86. The summed E-state index contributed by atoms with van der Waals surface area (Å²) in [5.74, 6) is -0.431. The van der Waals surface area contributed by atoms with Crippen molar-refractivity contribution in [2.45, 2.75) is 52.2 Å². The van der Waals surface area contributed by atoms with Gasteiger partial charge >= 0.3 is 5.97 Å². The maximum atomic E-state index is 13.3. The molecule has 26 heavy (non-hydrogen) atoms. The molecule has 2 aliphatic rings. The molecule has 2 fully saturated rings. The molecule has 2 bridgehead atoms. The number of rotatable bonds is 3. The fourth-order valence-electron chi connectivity index (χ4n) is 4.77. The van der Waals surface area contributed by atoms with Crippen LogP contribution in [0.25, 0.3) is 10.8 Å². The third kappa shape index (κ3) is 1.96. The highest BCUT2D eigenvalue weighted by atomic mass is 16.6. The fraction of sp³-hybridized carbons (Fsp3) is 0.455. The monoisotopic (exact) mass is 351 g/mol. The van der Waals surface area contributed by atoms with Crippen LogP contribution in [0.5, 0.6) is 0 Å². The van der Waals surface area contributed by atoms with Gasteiger partial charge in [0, 0.05) is 5.41 Å². The summed E-state index contributed by atoms with van der Waals surface area (Å²) in [7, 11) is 0. The Morgan fingerprint density at radius 1 is 1.08 bits per heavy atom. The van der Waals surface area contributed by atoms with Gasteiger partial charge in [0.05, 0.1) is 11.5 Å². The zero-order valence-corrected chi connectivity index (χ0v) is 15.8. The molecule has 1 amide bonds. The predicted octanol–water partition coefficient (Wildman–Crippen LogP) is 4.14. The van der Waals surface area contributed by atoms with Crippen LogP contribution in [0, 0.1) is 10.8 Å². The smallest absolute Gasteiger partial charge is 0.313 e. The van der Waals surface area contributed by atoms with E-state index in [-0.39, 0.29) is 17.9 Å². The van der Waals surface area contributed by atoms with Crippen molar-refractivity contribution in [3.8, 4) is 0 Å². The first-order valence-corrected chi connectivity index (χ1v) is 9.25. The Kier molecular flexibility index (Phi) is 3.49. The third-order valence-electron chi connectivity index (χ3n) is 7.09. The number of esters is 1. The first-order chi connectivity index (χ1) is 12.2. The van der Waals surface area contributed by atoms with E-state index in [0.717, 1.165) is 16.3 Å². The molecule has 1 heterocycles. The first kappa shape index (κ1) is 17.1. The zero-order chi connectivity index (χ0) is 18.7. The summed E-state index contributed by atoms with van der Waals surface area (Å²) in [6, 6.07) is 14.1. The van der Waals surface area contributed by atoms with E-state index in [0.29, 0.717) is 12.8 Å². The van der Waals surface area contributed by atoms with Crippen LogP contribution < -0.4 is 5.32 Å². The standard InChI is InChI=1S/C22H25NO3/c1-14(16-11-7-9-15-8-5-6-10-17(15)16)23-18(24)22-13-12-21(4,19(25)26-22)20(22,2)3/h5-11,14H,12-13H2,1-4H3,(H,23,24)/t14-,21+,22-/m1/s1. The van der Waals surface area contributed by atoms with Crippen molar-refractivity contribution in [3.63, 3.8) is 0 Å². The van der Waals surface area contributed by atoms with Crippen molar-refractivity contribution in [2.75, 3.05) is 0 Å². The van der Waals surface area contributed by atoms with Gasteiger partial charge in [0.25, 0.3) is 5.91 Å². The Hall–Kier alpha value is -2.36. The van der Waals surface area contributed by atoms with E-state index in [1.165, 1.54) is 0 Å². The van der Waals surface area contributed by atoms with Crippen molar-refractivity contribution in [1.29, 1.82) is 0 Å². The van der Waals surface area contributed by atoms with Crippen molar-refractivity contribution in [3.05, 3.63) is 48.0 Å². The van der Waals surface area contributed by atoms with Gasteiger partial charge in [-0.3, -0.25) is 9.59 Å². The number of hydrogen-bond acceptors (Lipinski definition) is 3. The Bertz CT molecular complexity index is 913. The normalized spacial score (nSPS) is 30.2. The summed E-state index contributed by atoms with van der Waals surface area (Å²) in [6.07, 6.45) is 1.27. The van der Waals surface area contributed by atoms with Gasteiger partial charge in [-0.25, -0.2) is 0 Å². The summed E-state index contributed by atoms with van der Waals surface area (Å²) in [5, 5.41) is 5.39. The molecule has 1 saturated carbocycles. The van der Waals surface area contributed by atoms with Crippen molar-refractivity contribution in [1.82, 2.24) is 5.32 Å². The molecule has 1 aliphatic heterocycles. The Labute approximate surface area is 153 Å². The number of hydrogen-bond donors (Lipinski definition) is 1. The van der Waals surface area contributed by atoms with Crippen LogP contribution in [0.15, 0.2) is 42.5 Å². The molecule has 2 aromatic carbocycles. The first-order valence-electron chi connectivity index (χ1n) is 9.25. The minimum Gasteiger partial charge on any atom is -0.448 e. The Morgan fingerprint density at radius 2 is 1.77 bits per heavy atom. The van der Waals surface area contributed by atoms with E-state index in [1.807, 2.05) is 52.0 Å². The van der Waals surface area contributed by atoms with E-state index < -0.39 is 16.4 Å². The summed E-state index contributed by atoms with van der Waals surface area (Å²) in [5.41, 5.74) is -1.12. The molecule has 2 aromatic rings. The van der Waals surface area contributed by atoms with Gasteiger partial charge in [-0.15, -0.1) is 0 Å². The van der Waals surface area contributed by atoms with Crippen molar-refractivity contribution < 1.29 is 14.3 Å². The predicted molar refractivity (Wildman–Crippen MR) is 100 cm³/mol. The summed E-state index contributed by atoms with van der Waals surface area (Å²) < 4.78 is 5.70. The third-order valence-corrected chi connectivity index (χ3v) is 7.09. The highest BCUT2D eigenvalue weighted by Gasteiger charge is 2.75. The number of ether oxygens (including phenoxy) is 1. The highest BCUT2D eigenvalue weighted by molar-refractivity contribution is 5.96. The minimum absolute atomic E-state index is 0.176. The van der Waals surface area contributed by atoms with Gasteiger partial charge in [0.1, 0.15) is 0 Å². The number of carbonyl (C=O) groups excluding carboxylic acids is 2. The second-order valence-corrected chi connectivity index (χ2v) is 8.44. The Balaban J connectivity index is 1.66. The highest BCUT2D eigenvalue weighted by Crippen LogP contribution is 2.65. The number of carbonyl (C=O) groups is 2. The molecule has 3 atom stereocenters. The van der Waals surface area contributed by atoms with Gasteiger partial charge in [-0.1, -0.05) is 56.3 Å². The largest absolute Gasteiger partial charge is 0.448 e. The van der Waals surface area contributed by atoms with Gasteiger partial charge < -0.3 is 10.1 Å². The molecule has 4 nitrogen and oxygen atoms in total. The molecule has 0 aromatic heterocycles. The lowest BCUT2D eigenvalue weighted by Crippen LogP contribution is -2.53. The average molecular weight is 351 g/mol. The van der Waals surface area contributed by atoms with Crippen molar-refractivity contribution in [2.24, 2.45) is 10.8 Å². The van der Waals surface area contributed by atoms with Crippen molar-refractivity contribution >= 4 is 22.6 Å². The molecular formula is C22H25NO3. The van der Waals surface area contributed by atoms with E-state index in [4.69, 9.17) is 4.74 Å². The molecule has 1 N–H and O–H groups in total. The van der Waals surface area contributed by atoms with Crippen LogP contribution in [0.2, 0.25) is 0 Å². The van der Waals surface area contributed by atoms with E-state index in [9.17, 15) is 9.59 Å². The number of benzene rings is 2. The molecule has 136 valence electrons. The van der Waals surface area contributed by atoms with Gasteiger partial charge in [-0.2, -0.15) is 0 Å². The zero-order valence-electron chi connectivity index (χ0n) is 15.8. The second-order valence-electron chi connectivity index (χ2n) is 8.44. The van der Waals surface area contributed by atoms with Crippen LogP contribution in [0.3, 0.4) is 0 Å². The second kappa shape index (κ2) is 5.32. The average Bonchev–Trinajstić information content (AvgIpc) is 2.91. The van der Waals surface area contributed by atoms with Crippen LogP contribution >= 0.6 is 0 Å². The number of nitrogens with one attached hydrogen (secondary N) is 1. The van der Waals surface area contributed by atoms with Gasteiger partial charge in [-0.05, 0) is 43.0 Å². The van der Waals surface area contributed by atoms with E-state index in [1.54, 1.807) is 0 Å². The van der Waals surface area contributed by atoms with Crippen LogP contribution in [-0.2, 0) is 14.3 Å². The van der Waals surface area contributed by atoms with Crippen LogP contribution in [0.1, 0.15) is 52.1 Å². The molecule has 4 rings (SSSR count). The number of amides is 1. The summed E-state index contributed by atoms with van der Waals surface area (Å²) >= 11 is 0. The topological polar surface area (TPSA) is 55.4 Å². The number of fused-ring (bicyclic) bond motifs is 3. The quantitative estimate of drug-likeness (QED) is 0.846. The lowest BCUT2D eigenvalue weighted by molar-refractivity contribution is -0.168. The Morgan fingerprint density at radius 3 is 2.42 bits per heavy atom. The maximum Gasteiger partial charge on any atom is 0.313 e. The molecule has 0 spiro atoms. The molecule has 1 saturated heterocycles. The molecule has 1 aliphatic carbocycles. The SMILES string of the molecule is C[C@@H](NC(=O)[C@@]12CC[C@@](C)(C(=O)O1)C2(C)C)c1cccc2ccccc12. The fourth-order valence-corrected chi connectivity index (χ4v) is 4.77. The van der Waals surface area contributed by atoms with Crippen LogP contribution in [0.4, 0.5) is 0 Å². The van der Waals surface area contributed by atoms with E-state index >= 15 is 0 Å². The van der Waals surface area contributed by atoms with Crippen LogP contribution in [-0.4, -0.2) is 17.5 Å². The van der Waals surface area contributed by atoms with Gasteiger partial charge in [0.15, 0.2) is 5.60 Å². The minimum atomic E-state index is -1.07. The summed E-state index contributed by atoms with van der Waals surface area (Å²) in [4.78, 5) is 25.7. The lowest BCUT2D eigenvalue weighted by Gasteiger charge is -2.36. The lowest BCUT2D eigenvalue weighted by atomic mass is 9.66. The van der Waals surface area contributed by atoms with E-state index in [2.05, 4.69) is 23.5 Å². The molecular weight excluding hydrogens is 326 g/mol. The molecule has 4 heteroatoms. The maximum absolute atomic E-state index is 13.3.